The van der Waals surface area contributed by atoms with E-state index in [0.717, 1.165) is 11.1 Å². The number of nitro groups is 1. The second-order valence-corrected chi connectivity index (χ2v) is 3.45. The molecule has 0 N–H and O–H groups in total. The summed E-state index contributed by atoms with van der Waals surface area (Å²) in [7, 11) is 0. The average Bonchev–Trinajstić information content (AvgIpc) is 2.30. The van der Waals surface area contributed by atoms with Gasteiger partial charge in [0, 0.05) is 17.3 Å². The van der Waals surface area contributed by atoms with Gasteiger partial charge in [0.1, 0.15) is 6.20 Å². The van der Waals surface area contributed by atoms with Crippen molar-refractivity contribution in [2.45, 2.75) is 6.92 Å². The van der Waals surface area contributed by atoms with E-state index in [0.29, 0.717) is 5.56 Å². The molecule has 0 radical (unpaired) electrons. The van der Waals surface area contributed by atoms with Gasteiger partial charge >= 0.3 is 0 Å². The largest absolute Gasteiger partial charge is 0.291 e. The van der Waals surface area contributed by atoms with Crippen molar-refractivity contribution >= 4 is 5.69 Å². The van der Waals surface area contributed by atoms with Gasteiger partial charge in [-0.1, -0.05) is 30.3 Å². The maximum atomic E-state index is 10.8. The molecule has 4 nitrogen and oxygen atoms in total. The quantitative estimate of drug-likeness (QED) is 0.570. The van der Waals surface area contributed by atoms with Crippen LogP contribution in [0.25, 0.3) is 11.1 Å². The van der Waals surface area contributed by atoms with E-state index in [1.807, 2.05) is 30.3 Å². The van der Waals surface area contributed by atoms with Gasteiger partial charge in [0.15, 0.2) is 0 Å². The van der Waals surface area contributed by atoms with Gasteiger partial charge in [-0.2, -0.15) is 0 Å². The number of hydrogen-bond donors (Lipinski definition) is 0. The fourth-order valence-corrected chi connectivity index (χ4v) is 1.61. The van der Waals surface area contributed by atoms with Crippen LogP contribution in [0.5, 0.6) is 0 Å². The summed E-state index contributed by atoms with van der Waals surface area (Å²) in [5.41, 5.74) is 2.44. The summed E-state index contributed by atoms with van der Waals surface area (Å²) in [6, 6.07) is 9.52. The molecule has 0 fully saturated rings. The Balaban J connectivity index is 2.59. The van der Waals surface area contributed by atoms with Crippen molar-refractivity contribution in [3.8, 4) is 11.1 Å². The highest BCUT2D eigenvalue weighted by Gasteiger charge is 2.14. The van der Waals surface area contributed by atoms with E-state index >= 15 is 0 Å². The van der Waals surface area contributed by atoms with E-state index in [4.69, 9.17) is 0 Å². The minimum Gasteiger partial charge on any atom is -0.258 e. The molecule has 2 rings (SSSR count). The van der Waals surface area contributed by atoms with Crippen LogP contribution in [0.2, 0.25) is 0 Å². The van der Waals surface area contributed by atoms with Gasteiger partial charge in [-0.15, -0.1) is 0 Å². The van der Waals surface area contributed by atoms with Gasteiger partial charge in [-0.05, 0) is 12.5 Å². The first-order valence-electron chi connectivity index (χ1n) is 4.84. The summed E-state index contributed by atoms with van der Waals surface area (Å²) >= 11 is 0. The zero-order valence-corrected chi connectivity index (χ0v) is 8.75. The fraction of sp³-hybridized carbons (Fsp3) is 0.0833. The number of rotatable bonds is 2. The van der Waals surface area contributed by atoms with Crippen molar-refractivity contribution < 1.29 is 4.92 Å². The second-order valence-electron chi connectivity index (χ2n) is 3.45. The van der Waals surface area contributed by atoms with Crippen LogP contribution < -0.4 is 0 Å². The average molecular weight is 214 g/mol. The predicted octanol–water partition coefficient (Wildman–Crippen LogP) is 2.97. The summed E-state index contributed by atoms with van der Waals surface area (Å²) < 4.78 is 0. The van der Waals surface area contributed by atoms with Crippen LogP contribution in [-0.2, 0) is 0 Å². The molecule has 0 atom stereocenters. The third-order valence-electron chi connectivity index (χ3n) is 2.47. The highest BCUT2D eigenvalue weighted by Crippen LogP contribution is 2.27. The number of aromatic nitrogens is 1. The SMILES string of the molecule is Cc1c(-c2ccccc2)cncc1[N+](=O)[O-]. The monoisotopic (exact) mass is 214 g/mol. The summed E-state index contributed by atoms with van der Waals surface area (Å²) in [5.74, 6) is 0. The van der Waals surface area contributed by atoms with Crippen LogP contribution in [0.15, 0.2) is 42.7 Å². The summed E-state index contributed by atoms with van der Waals surface area (Å²) in [4.78, 5) is 14.3. The minimum absolute atomic E-state index is 0.0568. The Labute approximate surface area is 92.7 Å². The van der Waals surface area contributed by atoms with Crippen molar-refractivity contribution in [1.82, 2.24) is 4.98 Å². The van der Waals surface area contributed by atoms with Crippen LogP contribution in [0.4, 0.5) is 5.69 Å². The molecular weight excluding hydrogens is 204 g/mol. The Bertz CT molecular complexity index is 524. The molecule has 0 spiro atoms. The smallest absolute Gasteiger partial charge is 0.258 e. The minimum atomic E-state index is -0.408. The van der Waals surface area contributed by atoms with Crippen LogP contribution in [0.3, 0.4) is 0 Å². The molecule has 1 aromatic heterocycles. The predicted molar refractivity (Wildman–Crippen MR) is 61.1 cm³/mol. The zero-order chi connectivity index (χ0) is 11.5. The topological polar surface area (TPSA) is 56.0 Å². The Hall–Kier alpha value is -2.23. The molecule has 80 valence electrons. The van der Waals surface area contributed by atoms with Crippen molar-refractivity contribution in [3.05, 3.63) is 58.4 Å². The van der Waals surface area contributed by atoms with E-state index in [2.05, 4.69) is 4.98 Å². The second kappa shape index (κ2) is 4.10. The maximum Gasteiger partial charge on any atom is 0.291 e. The van der Waals surface area contributed by atoms with Gasteiger partial charge < -0.3 is 0 Å². The van der Waals surface area contributed by atoms with Crippen molar-refractivity contribution in [2.24, 2.45) is 0 Å². The fourth-order valence-electron chi connectivity index (χ4n) is 1.61. The molecule has 0 aliphatic rings. The van der Waals surface area contributed by atoms with E-state index in [9.17, 15) is 10.1 Å². The van der Waals surface area contributed by atoms with Gasteiger partial charge in [0.25, 0.3) is 5.69 Å². The summed E-state index contributed by atoms with van der Waals surface area (Å²) in [6.07, 6.45) is 2.93. The molecule has 0 aliphatic carbocycles. The first kappa shape index (κ1) is 10.3. The lowest BCUT2D eigenvalue weighted by Crippen LogP contribution is -1.95. The molecule has 1 heterocycles. The standard InChI is InChI=1S/C12H10N2O2/c1-9-11(10-5-3-2-4-6-10)7-13-8-12(9)14(15)16/h2-8H,1H3. The molecule has 1 aromatic carbocycles. The molecule has 0 bridgehead atoms. The highest BCUT2D eigenvalue weighted by atomic mass is 16.6. The molecule has 0 unspecified atom stereocenters. The molecule has 0 saturated heterocycles. The number of nitrogens with zero attached hydrogens (tertiary/aromatic N) is 2. The first-order chi connectivity index (χ1) is 7.70. The Morgan fingerprint density at radius 3 is 2.50 bits per heavy atom. The molecule has 0 amide bonds. The van der Waals surface area contributed by atoms with E-state index in [1.165, 1.54) is 6.20 Å². The van der Waals surface area contributed by atoms with Crippen LogP contribution in [0, 0.1) is 17.0 Å². The molecule has 0 saturated carbocycles. The Kier molecular flexibility index (Phi) is 2.64. The van der Waals surface area contributed by atoms with Gasteiger partial charge in [0.05, 0.1) is 4.92 Å². The van der Waals surface area contributed by atoms with E-state index in [-0.39, 0.29) is 5.69 Å². The van der Waals surface area contributed by atoms with Crippen LogP contribution in [-0.4, -0.2) is 9.91 Å². The third-order valence-corrected chi connectivity index (χ3v) is 2.47. The summed E-state index contributed by atoms with van der Waals surface area (Å²) in [5, 5.41) is 10.8. The Morgan fingerprint density at radius 2 is 1.88 bits per heavy atom. The zero-order valence-electron chi connectivity index (χ0n) is 8.75. The van der Waals surface area contributed by atoms with Crippen LogP contribution >= 0.6 is 0 Å². The van der Waals surface area contributed by atoms with Crippen molar-refractivity contribution in [2.75, 3.05) is 0 Å². The van der Waals surface area contributed by atoms with Crippen molar-refractivity contribution in [3.63, 3.8) is 0 Å². The van der Waals surface area contributed by atoms with Crippen LogP contribution in [0.1, 0.15) is 5.56 Å². The molecule has 4 heteroatoms. The molecular formula is C12H10N2O2. The lowest BCUT2D eigenvalue weighted by molar-refractivity contribution is -0.385. The van der Waals surface area contributed by atoms with E-state index < -0.39 is 4.92 Å². The number of pyridine rings is 1. The highest BCUT2D eigenvalue weighted by molar-refractivity contribution is 5.69. The first-order valence-corrected chi connectivity index (χ1v) is 4.84. The molecule has 16 heavy (non-hydrogen) atoms. The maximum absolute atomic E-state index is 10.8. The number of benzene rings is 1. The third kappa shape index (κ3) is 1.77. The lowest BCUT2D eigenvalue weighted by Gasteiger charge is -2.05. The Morgan fingerprint density at radius 1 is 1.19 bits per heavy atom. The lowest BCUT2D eigenvalue weighted by atomic mass is 10.0. The molecule has 2 aromatic rings. The van der Waals surface area contributed by atoms with Crippen molar-refractivity contribution in [1.29, 1.82) is 0 Å². The van der Waals surface area contributed by atoms with E-state index in [1.54, 1.807) is 13.1 Å². The number of hydrogen-bond acceptors (Lipinski definition) is 3. The van der Waals surface area contributed by atoms with Gasteiger partial charge in [-0.3, -0.25) is 15.1 Å². The summed E-state index contributed by atoms with van der Waals surface area (Å²) in [6.45, 7) is 1.74. The molecule has 0 aliphatic heterocycles. The normalized spacial score (nSPS) is 10.1. The van der Waals surface area contributed by atoms with Gasteiger partial charge in [-0.25, -0.2) is 0 Å². The van der Waals surface area contributed by atoms with Gasteiger partial charge in [0.2, 0.25) is 0 Å².